The molecule has 3 heterocycles. The number of carbonyl (C=O) groups is 2. The first-order valence-electron chi connectivity index (χ1n) is 10.2. The fourth-order valence-electron chi connectivity index (χ4n) is 3.66. The normalized spacial score (nSPS) is 17.6. The predicted molar refractivity (Wildman–Crippen MR) is 115 cm³/mol. The van der Waals surface area contributed by atoms with E-state index >= 15 is 0 Å². The Labute approximate surface area is 179 Å². The van der Waals surface area contributed by atoms with Crippen LogP contribution in [-0.4, -0.2) is 47.5 Å². The second-order valence-corrected chi connectivity index (χ2v) is 8.23. The number of rotatable bonds is 8. The van der Waals surface area contributed by atoms with Crippen LogP contribution < -0.4 is 15.4 Å². The Hall–Kier alpha value is -2.52. The average molecular weight is 431 g/mol. The van der Waals surface area contributed by atoms with E-state index < -0.39 is 0 Å². The standard InChI is InChI=1S/C21H26N4O4S/c1-2-28-18-8-4-3-7-15(18)21(27)23-20-16-12-30-13-17(16)24-25(20)11-19(26)22-10-14-6-5-9-29-14/h3-4,7-8,14H,2,5-6,9-13H2,1H3,(H,22,26)(H,23,27). The van der Waals surface area contributed by atoms with Gasteiger partial charge in [0.05, 0.1) is 24.0 Å². The van der Waals surface area contributed by atoms with Crippen LogP contribution in [0, 0.1) is 0 Å². The molecular weight excluding hydrogens is 404 g/mol. The smallest absolute Gasteiger partial charge is 0.260 e. The van der Waals surface area contributed by atoms with Gasteiger partial charge in [-0.25, -0.2) is 4.68 Å². The monoisotopic (exact) mass is 430 g/mol. The van der Waals surface area contributed by atoms with Crippen LogP contribution >= 0.6 is 11.8 Å². The number of aromatic nitrogens is 2. The summed E-state index contributed by atoms with van der Waals surface area (Å²) in [6.45, 7) is 3.65. The van der Waals surface area contributed by atoms with Crippen molar-refractivity contribution >= 4 is 29.4 Å². The zero-order chi connectivity index (χ0) is 20.9. The van der Waals surface area contributed by atoms with Gasteiger partial charge < -0.3 is 20.1 Å². The van der Waals surface area contributed by atoms with Gasteiger partial charge in [0, 0.05) is 30.2 Å². The molecule has 2 aliphatic rings. The van der Waals surface area contributed by atoms with Gasteiger partial charge in [-0.05, 0) is 31.9 Å². The van der Waals surface area contributed by atoms with Gasteiger partial charge in [-0.3, -0.25) is 9.59 Å². The Bertz CT molecular complexity index is 924. The van der Waals surface area contributed by atoms with Crippen LogP contribution in [0.2, 0.25) is 0 Å². The number of benzene rings is 1. The topological polar surface area (TPSA) is 94.5 Å². The molecule has 0 bridgehead atoms. The number of fused-ring (bicyclic) bond motifs is 1. The summed E-state index contributed by atoms with van der Waals surface area (Å²) in [6.07, 6.45) is 2.08. The largest absolute Gasteiger partial charge is 0.493 e. The maximum atomic E-state index is 13.0. The molecule has 2 amide bonds. The summed E-state index contributed by atoms with van der Waals surface area (Å²) in [5.41, 5.74) is 2.35. The van der Waals surface area contributed by atoms with Crippen LogP contribution in [0.3, 0.4) is 0 Å². The second kappa shape index (κ2) is 9.53. The van der Waals surface area contributed by atoms with E-state index in [0.29, 0.717) is 30.3 Å². The van der Waals surface area contributed by atoms with Gasteiger partial charge in [-0.15, -0.1) is 0 Å². The van der Waals surface area contributed by atoms with Crippen molar-refractivity contribution in [1.82, 2.24) is 15.1 Å². The zero-order valence-electron chi connectivity index (χ0n) is 17.0. The summed E-state index contributed by atoms with van der Waals surface area (Å²) in [6, 6.07) is 7.13. The van der Waals surface area contributed by atoms with Gasteiger partial charge in [0.1, 0.15) is 18.1 Å². The number of para-hydroxylation sites is 1. The van der Waals surface area contributed by atoms with Crippen molar-refractivity contribution in [2.24, 2.45) is 0 Å². The number of carbonyl (C=O) groups excluding carboxylic acids is 2. The minimum Gasteiger partial charge on any atom is -0.493 e. The van der Waals surface area contributed by atoms with Crippen LogP contribution in [0.5, 0.6) is 5.75 Å². The second-order valence-electron chi connectivity index (χ2n) is 7.25. The van der Waals surface area contributed by atoms with Crippen molar-refractivity contribution in [3.8, 4) is 5.75 Å². The van der Waals surface area contributed by atoms with E-state index in [2.05, 4.69) is 15.7 Å². The van der Waals surface area contributed by atoms with Crippen LogP contribution in [0.15, 0.2) is 24.3 Å². The molecule has 4 rings (SSSR count). The average Bonchev–Trinajstić information content (AvgIpc) is 3.47. The van der Waals surface area contributed by atoms with E-state index in [1.54, 1.807) is 34.6 Å². The molecule has 2 aromatic rings. The number of ether oxygens (including phenoxy) is 2. The lowest BCUT2D eigenvalue weighted by Gasteiger charge is -2.14. The number of nitrogens with zero attached hydrogens (tertiary/aromatic N) is 2. The minimum absolute atomic E-state index is 0.0487. The van der Waals surface area contributed by atoms with Gasteiger partial charge in [0.25, 0.3) is 5.91 Å². The molecule has 8 nitrogen and oxygen atoms in total. The minimum atomic E-state index is -0.278. The number of hydrogen-bond donors (Lipinski definition) is 2. The van der Waals surface area contributed by atoms with Crippen molar-refractivity contribution in [2.75, 3.05) is 25.1 Å². The van der Waals surface area contributed by atoms with Crippen molar-refractivity contribution in [2.45, 2.75) is 43.9 Å². The number of amides is 2. The highest BCUT2D eigenvalue weighted by Crippen LogP contribution is 2.35. The highest BCUT2D eigenvalue weighted by Gasteiger charge is 2.26. The summed E-state index contributed by atoms with van der Waals surface area (Å²) >= 11 is 1.74. The molecule has 1 aromatic carbocycles. The molecule has 2 aliphatic heterocycles. The number of thioether (sulfide) groups is 1. The van der Waals surface area contributed by atoms with Crippen molar-refractivity contribution in [3.63, 3.8) is 0 Å². The Morgan fingerprint density at radius 2 is 2.20 bits per heavy atom. The van der Waals surface area contributed by atoms with Crippen LogP contribution in [0.1, 0.15) is 41.4 Å². The highest BCUT2D eigenvalue weighted by atomic mass is 32.2. The van der Waals surface area contributed by atoms with Crippen molar-refractivity contribution in [1.29, 1.82) is 0 Å². The molecular formula is C21H26N4O4S. The molecule has 160 valence electrons. The molecule has 0 radical (unpaired) electrons. The van der Waals surface area contributed by atoms with Crippen LogP contribution in [0.4, 0.5) is 5.82 Å². The molecule has 0 aliphatic carbocycles. The third kappa shape index (κ3) is 4.62. The maximum Gasteiger partial charge on any atom is 0.260 e. The lowest BCUT2D eigenvalue weighted by molar-refractivity contribution is -0.122. The lowest BCUT2D eigenvalue weighted by Crippen LogP contribution is -2.34. The fraction of sp³-hybridized carbons (Fsp3) is 0.476. The van der Waals surface area contributed by atoms with Crippen molar-refractivity contribution < 1.29 is 19.1 Å². The summed E-state index contributed by atoms with van der Waals surface area (Å²) in [5, 5.41) is 10.5. The first-order valence-corrected chi connectivity index (χ1v) is 11.4. The van der Waals surface area contributed by atoms with Gasteiger partial charge in [0.15, 0.2) is 0 Å². The highest BCUT2D eigenvalue weighted by molar-refractivity contribution is 7.98. The van der Waals surface area contributed by atoms with E-state index in [9.17, 15) is 9.59 Å². The molecule has 30 heavy (non-hydrogen) atoms. The Morgan fingerprint density at radius 1 is 1.33 bits per heavy atom. The number of hydrogen-bond acceptors (Lipinski definition) is 6. The SMILES string of the molecule is CCOc1ccccc1C(=O)Nc1c2c(nn1CC(=O)NCC1CCCO1)CSC2. The molecule has 1 unspecified atom stereocenters. The fourth-order valence-corrected chi connectivity index (χ4v) is 4.69. The van der Waals surface area contributed by atoms with Crippen molar-refractivity contribution in [3.05, 3.63) is 41.1 Å². The molecule has 0 saturated carbocycles. The zero-order valence-corrected chi connectivity index (χ0v) is 17.8. The summed E-state index contributed by atoms with van der Waals surface area (Å²) < 4.78 is 12.7. The van der Waals surface area contributed by atoms with E-state index in [1.807, 2.05) is 13.0 Å². The molecule has 1 fully saturated rings. The van der Waals surface area contributed by atoms with E-state index in [4.69, 9.17) is 9.47 Å². The molecule has 9 heteroatoms. The number of nitrogens with one attached hydrogen (secondary N) is 2. The van der Waals surface area contributed by atoms with E-state index in [-0.39, 0.29) is 24.5 Å². The van der Waals surface area contributed by atoms with E-state index in [0.717, 1.165) is 42.2 Å². The van der Waals surface area contributed by atoms with E-state index in [1.165, 1.54) is 0 Å². The quantitative estimate of drug-likeness (QED) is 0.669. The van der Waals surface area contributed by atoms with Gasteiger partial charge in [0.2, 0.25) is 5.91 Å². The molecule has 0 spiro atoms. The summed E-state index contributed by atoms with van der Waals surface area (Å²) in [4.78, 5) is 25.5. The van der Waals surface area contributed by atoms with Crippen LogP contribution in [-0.2, 0) is 27.6 Å². The maximum absolute atomic E-state index is 13.0. The molecule has 1 aromatic heterocycles. The van der Waals surface area contributed by atoms with Crippen LogP contribution in [0.25, 0.3) is 0 Å². The summed E-state index contributed by atoms with van der Waals surface area (Å²) in [5.74, 6) is 2.22. The Balaban J connectivity index is 1.49. The third-order valence-corrected chi connectivity index (χ3v) is 6.10. The summed E-state index contributed by atoms with van der Waals surface area (Å²) in [7, 11) is 0. The first kappa shape index (κ1) is 20.7. The van der Waals surface area contributed by atoms with Gasteiger partial charge >= 0.3 is 0 Å². The number of anilines is 1. The Kier molecular flexibility index (Phi) is 6.59. The predicted octanol–water partition coefficient (Wildman–Crippen LogP) is 2.58. The molecule has 2 N–H and O–H groups in total. The Morgan fingerprint density at radius 3 is 3.00 bits per heavy atom. The van der Waals surface area contributed by atoms with Gasteiger partial charge in [-0.1, -0.05) is 12.1 Å². The molecule has 1 atom stereocenters. The molecule has 1 saturated heterocycles. The van der Waals surface area contributed by atoms with Gasteiger partial charge in [-0.2, -0.15) is 16.9 Å². The third-order valence-electron chi connectivity index (χ3n) is 5.13. The lowest BCUT2D eigenvalue weighted by atomic mass is 10.2. The first-order chi connectivity index (χ1) is 14.7.